The van der Waals surface area contributed by atoms with Gasteiger partial charge in [-0.3, -0.25) is 19.4 Å². The third-order valence-electron chi connectivity index (χ3n) is 6.52. The van der Waals surface area contributed by atoms with E-state index >= 15 is 0 Å². The number of hydrogen-bond acceptors (Lipinski definition) is 6. The first-order valence-corrected chi connectivity index (χ1v) is 12.3. The molecule has 15 heteroatoms. The highest BCUT2D eigenvalue weighted by Crippen LogP contribution is 2.40. The maximum Gasteiger partial charge on any atom is 0.389 e. The van der Waals surface area contributed by atoms with E-state index in [1.54, 1.807) is 12.1 Å². The van der Waals surface area contributed by atoms with E-state index in [-0.39, 0.29) is 33.4 Å². The fourth-order valence-corrected chi connectivity index (χ4v) is 4.81. The summed E-state index contributed by atoms with van der Waals surface area (Å²) in [5.74, 6) is -6.73. The molecular formula is C25H21ClF6N4O4. The highest BCUT2D eigenvalue weighted by atomic mass is 35.5. The highest BCUT2D eigenvalue weighted by molar-refractivity contribution is 6.30. The SMILES string of the molecule is COc1cccc2c1NC(=O)[C@H](N1C(=O)[C@@H](CCC(F)(F)F)[C@@H](CCC(F)(F)F)C1=O)N=C2c1ccc(Cl)cn1. The average molecular weight is 591 g/mol. The number of imide groups is 1. The number of ether oxygens (including phenoxy) is 1. The molecule has 0 aliphatic carbocycles. The number of nitrogens with zero attached hydrogens (tertiary/aromatic N) is 3. The van der Waals surface area contributed by atoms with Crippen molar-refractivity contribution in [2.75, 3.05) is 12.4 Å². The molecule has 0 radical (unpaired) electrons. The van der Waals surface area contributed by atoms with Crippen molar-refractivity contribution in [2.24, 2.45) is 16.8 Å². The number of benzodiazepines with no additional fused rings is 1. The van der Waals surface area contributed by atoms with Gasteiger partial charge >= 0.3 is 12.4 Å². The Morgan fingerprint density at radius 1 is 0.950 bits per heavy atom. The zero-order chi connectivity index (χ0) is 29.4. The van der Waals surface area contributed by atoms with Gasteiger partial charge in [-0.2, -0.15) is 26.3 Å². The summed E-state index contributed by atoms with van der Waals surface area (Å²) < 4.78 is 83.2. The Labute approximate surface area is 228 Å². The predicted octanol–water partition coefficient (Wildman–Crippen LogP) is 5.15. The number of fused-ring (bicyclic) bond motifs is 1. The van der Waals surface area contributed by atoms with Crippen LogP contribution in [-0.4, -0.2) is 58.9 Å². The number of pyridine rings is 1. The molecule has 3 atom stereocenters. The molecule has 1 aromatic carbocycles. The number of para-hydroxylation sites is 1. The number of hydrogen-bond donors (Lipinski definition) is 1. The molecule has 0 spiro atoms. The van der Waals surface area contributed by atoms with Crippen molar-refractivity contribution in [1.29, 1.82) is 0 Å². The highest BCUT2D eigenvalue weighted by Gasteiger charge is 2.53. The van der Waals surface area contributed by atoms with Gasteiger partial charge in [-0.25, -0.2) is 9.89 Å². The van der Waals surface area contributed by atoms with Crippen molar-refractivity contribution >= 4 is 40.7 Å². The molecular weight excluding hydrogens is 570 g/mol. The number of nitrogens with one attached hydrogen (secondary N) is 1. The predicted molar refractivity (Wildman–Crippen MR) is 130 cm³/mol. The summed E-state index contributed by atoms with van der Waals surface area (Å²) in [5, 5.41) is 2.79. The van der Waals surface area contributed by atoms with Gasteiger partial charge in [-0.1, -0.05) is 23.7 Å². The molecule has 40 heavy (non-hydrogen) atoms. The monoisotopic (exact) mass is 590 g/mol. The smallest absolute Gasteiger partial charge is 0.389 e. The third-order valence-corrected chi connectivity index (χ3v) is 6.75. The summed E-state index contributed by atoms with van der Waals surface area (Å²) in [7, 11) is 1.32. The average Bonchev–Trinajstić information content (AvgIpc) is 3.00. The van der Waals surface area contributed by atoms with E-state index in [9.17, 15) is 40.7 Å². The lowest BCUT2D eigenvalue weighted by Gasteiger charge is -2.22. The summed E-state index contributed by atoms with van der Waals surface area (Å²) in [6.45, 7) is 0. The van der Waals surface area contributed by atoms with Crippen molar-refractivity contribution in [3.63, 3.8) is 0 Å². The van der Waals surface area contributed by atoms with E-state index in [0.717, 1.165) is 0 Å². The second kappa shape index (κ2) is 11.1. The molecule has 8 nitrogen and oxygen atoms in total. The van der Waals surface area contributed by atoms with Gasteiger partial charge in [0, 0.05) is 24.6 Å². The van der Waals surface area contributed by atoms with Gasteiger partial charge in [0.05, 0.1) is 41.1 Å². The molecule has 0 bridgehead atoms. The number of alkyl halides is 6. The van der Waals surface area contributed by atoms with Crippen molar-refractivity contribution in [3.8, 4) is 5.75 Å². The number of rotatable bonds is 7. The Bertz CT molecular complexity index is 1310. The minimum Gasteiger partial charge on any atom is -0.495 e. The number of methoxy groups -OCH3 is 1. The van der Waals surface area contributed by atoms with Gasteiger partial charge in [0.15, 0.2) is 0 Å². The van der Waals surface area contributed by atoms with Gasteiger partial charge in [-0.15, -0.1) is 0 Å². The minimum absolute atomic E-state index is 0.0000923. The van der Waals surface area contributed by atoms with Crippen molar-refractivity contribution < 1.29 is 45.5 Å². The third kappa shape index (κ3) is 6.21. The second-order valence-corrected chi connectivity index (χ2v) is 9.59. The zero-order valence-corrected chi connectivity index (χ0v) is 21.4. The van der Waals surface area contributed by atoms with Gasteiger partial charge in [0.25, 0.3) is 5.91 Å². The molecule has 1 aromatic heterocycles. The molecule has 2 aromatic rings. The topological polar surface area (TPSA) is 101 Å². The molecule has 214 valence electrons. The van der Waals surface area contributed by atoms with Crippen LogP contribution in [0.3, 0.4) is 0 Å². The molecule has 1 saturated heterocycles. The molecule has 0 saturated carbocycles. The Balaban J connectivity index is 1.80. The van der Waals surface area contributed by atoms with Gasteiger partial charge in [-0.05, 0) is 31.0 Å². The first-order valence-electron chi connectivity index (χ1n) is 11.9. The summed E-state index contributed by atoms with van der Waals surface area (Å²) in [6, 6.07) is 7.54. The van der Waals surface area contributed by atoms with Crippen molar-refractivity contribution in [3.05, 3.63) is 52.8 Å². The van der Waals surface area contributed by atoms with Crippen molar-refractivity contribution in [1.82, 2.24) is 9.88 Å². The molecule has 2 aliphatic heterocycles. The summed E-state index contributed by atoms with van der Waals surface area (Å²) in [4.78, 5) is 49.0. The van der Waals surface area contributed by atoms with Crippen molar-refractivity contribution in [2.45, 2.75) is 44.2 Å². The lowest BCUT2D eigenvalue weighted by molar-refractivity contribution is -0.147. The Morgan fingerprint density at radius 2 is 1.55 bits per heavy atom. The van der Waals surface area contributed by atoms with Gasteiger partial charge in [0.1, 0.15) is 5.75 Å². The van der Waals surface area contributed by atoms with Crippen LogP contribution in [0, 0.1) is 11.8 Å². The molecule has 0 unspecified atom stereocenters. The largest absolute Gasteiger partial charge is 0.495 e. The lowest BCUT2D eigenvalue weighted by atomic mass is 9.87. The maximum atomic E-state index is 13.4. The van der Waals surface area contributed by atoms with Crippen LogP contribution >= 0.6 is 11.6 Å². The van der Waals surface area contributed by atoms with E-state index in [4.69, 9.17) is 16.3 Å². The first-order chi connectivity index (χ1) is 18.7. The number of aromatic nitrogens is 1. The van der Waals surface area contributed by atoms with Crippen LogP contribution < -0.4 is 10.1 Å². The molecule has 3 heterocycles. The number of benzene rings is 1. The molecule has 1 fully saturated rings. The van der Waals surface area contributed by atoms with Crippen LogP contribution in [0.4, 0.5) is 32.0 Å². The van der Waals surface area contributed by atoms with E-state index in [1.807, 2.05) is 0 Å². The molecule has 3 amide bonds. The van der Waals surface area contributed by atoms with E-state index < -0.39 is 73.8 Å². The summed E-state index contributed by atoms with van der Waals surface area (Å²) in [5.41, 5.74) is 0.530. The number of aliphatic imine (C=N–C) groups is 1. The molecule has 4 rings (SSSR count). The number of amides is 3. The van der Waals surface area contributed by atoms with E-state index in [2.05, 4.69) is 15.3 Å². The Morgan fingerprint density at radius 3 is 2.05 bits per heavy atom. The second-order valence-electron chi connectivity index (χ2n) is 9.15. The quantitative estimate of drug-likeness (QED) is 0.355. The maximum absolute atomic E-state index is 13.4. The van der Waals surface area contributed by atoms with Gasteiger partial charge in [0.2, 0.25) is 18.0 Å². The zero-order valence-electron chi connectivity index (χ0n) is 20.6. The fourth-order valence-electron chi connectivity index (χ4n) is 4.70. The van der Waals surface area contributed by atoms with Crippen LogP contribution in [0.1, 0.15) is 36.9 Å². The summed E-state index contributed by atoms with van der Waals surface area (Å²) in [6.07, 6.45) is -15.0. The molecule has 2 aliphatic rings. The van der Waals surface area contributed by atoms with Crippen LogP contribution in [0.5, 0.6) is 5.75 Å². The normalized spacial score (nSPS) is 21.6. The lowest BCUT2D eigenvalue weighted by Crippen LogP contribution is -2.46. The number of carbonyl (C=O) groups excluding carboxylic acids is 3. The van der Waals surface area contributed by atoms with Gasteiger partial charge < -0.3 is 10.1 Å². The standard InChI is InChI=1S/C25H21ClF6N4O4/c1-40-17-4-2-3-15-18(16-6-5-12(26)11-33-16)34-20(21(37)35-19(15)17)36-22(38)13(7-9-24(27,28)29)14(23(36)39)8-10-25(30,31)32/h2-6,11,13-14,20H,7-10H2,1H3,(H,35,37)/t13-,14+,20-/m0/s1. The van der Waals surface area contributed by atoms with E-state index in [0.29, 0.717) is 4.90 Å². The summed E-state index contributed by atoms with van der Waals surface area (Å²) >= 11 is 5.93. The van der Waals surface area contributed by atoms with Crippen LogP contribution in [0.25, 0.3) is 0 Å². The minimum atomic E-state index is -4.73. The van der Waals surface area contributed by atoms with Crippen LogP contribution in [0.2, 0.25) is 5.02 Å². The first kappa shape index (κ1) is 29.3. The number of carbonyl (C=O) groups is 3. The molecule has 1 N–H and O–H groups in total. The van der Waals surface area contributed by atoms with Crippen LogP contribution in [-0.2, 0) is 14.4 Å². The Hall–Kier alpha value is -3.68. The number of halogens is 7. The number of likely N-dealkylation sites (tertiary alicyclic amines) is 1. The Kier molecular flexibility index (Phi) is 8.11. The van der Waals surface area contributed by atoms with E-state index in [1.165, 1.54) is 31.5 Å². The fraction of sp³-hybridized carbons (Fsp3) is 0.400. The number of anilines is 1. The van der Waals surface area contributed by atoms with Crippen LogP contribution in [0.15, 0.2) is 41.5 Å².